The van der Waals surface area contributed by atoms with E-state index in [1.807, 2.05) is 35.2 Å². The molecule has 4 aromatic carbocycles. The number of phenolic OH excluding ortho intramolecular Hbond substituents is 1. The van der Waals surface area contributed by atoms with Gasteiger partial charge in [0.05, 0.1) is 24.3 Å². The van der Waals surface area contributed by atoms with Gasteiger partial charge >= 0.3 is 0 Å². The summed E-state index contributed by atoms with van der Waals surface area (Å²) in [5, 5.41) is 11.3. The van der Waals surface area contributed by atoms with Gasteiger partial charge in [0.15, 0.2) is 11.5 Å². The number of morpholine rings is 1. The first kappa shape index (κ1) is 38.8. The lowest BCUT2D eigenvalue weighted by atomic mass is 9.93. The van der Waals surface area contributed by atoms with Crippen LogP contribution in [0.15, 0.2) is 97.2 Å². The fraction of sp³-hybridized carbons (Fsp3) is 0.319. The second-order valence-corrected chi connectivity index (χ2v) is 15.9. The SMILES string of the molecule is C[C@@H]1Cc2ccccc2CN1C(=O)c1cc2c(cc1-c1cc(C(=O)N(c3ccc(O)cc3)c3ccc4c(ccn4CCN4CCOCC4)c3)c3n1CCCC3)OCO2.Cl. The van der Waals surface area contributed by atoms with E-state index in [2.05, 4.69) is 63.6 Å². The van der Waals surface area contributed by atoms with E-state index in [1.54, 1.807) is 29.2 Å². The Morgan fingerprint density at radius 3 is 2.39 bits per heavy atom. The number of carbonyl (C=O) groups excluding carboxylic acids is 2. The fourth-order valence-electron chi connectivity index (χ4n) is 9.22. The van der Waals surface area contributed by atoms with E-state index in [1.165, 1.54) is 5.56 Å². The van der Waals surface area contributed by atoms with E-state index in [4.69, 9.17) is 14.2 Å². The van der Waals surface area contributed by atoms with Crippen LogP contribution in [0.5, 0.6) is 17.2 Å². The zero-order chi connectivity index (χ0) is 39.3. The number of hydrogen-bond donors (Lipinski definition) is 1. The number of rotatable bonds is 8. The standard InChI is InChI=1S/C47H47N5O6.ClH/c1-31-24-32-6-2-3-7-34(32)29-51(31)46(54)39-28-45-44(57-30-58-45)27-38(39)43-26-40(42-8-4-5-16-50(42)43)47(55)52(35-9-12-37(53)13-10-35)36-11-14-41-33(25-36)15-17-49(41)19-18-48-20-22-56-23-21-48;/h2-3,6-7,9-15,17,25-28,31,53H,4-5,8,16,18-24,29-30H2,1H3;1H/t31-;/m1./s1. The highest BCUT2D eigenvalue weighted by atomic mass is 35.5. The molecule has 0 bridgehead atoms. The van der Waals surface area contributed by atoms with Crippen molar-refractivity contribution in [3.8, 4) is 28.5 Å². The van der Waals surface area contributed by atoms with Gasteiger partial charge in [-0.15, -0.1) is 12.4 Å². The number of nitrogens with zero attached hydrogens (tertiary/aromatic N) is 5. The summed E-state index contributed by atoms with van der Waals surface area (Å²) in [7, 11) is 0. The maximum atomic E-state index is 15.3. The smallest absolute Gasteiger partial charge is 0.264 e. The Morgan fingerprint density at radius 2 is 1.58 bits per heavy atom. The first-order chi connectivity index (χ1) is 28.4. The van der Waals surface area contributed by atoms with Crippen molar-refractivity contribution < 1.29 is 28.9 Å². The van der Waals surface area contributed by atoms with Gasteiger partial charge in [0, 0.05) is 90.7 Å². The van der Waals surface area contributed by atoms with Gasteiger partial charge in [-0.25, -0.2) is 0 Å². The molecule has 6 aromatic rings. The maximum absolute atomic E-state index is 15.3. The molecule has 1 fully saturated rings. The Kier molecular flexibility index (Phi) is 10.6. The van der Waals surface area contributed by atoms with Gasteiger partial charge in [0.25, 0.3) is 11.8 Å². The molecule has 12 heteroatoms. The molecule has 4 aliphatic heterocycles. The van der Waals surface area contributed by atoms with Gasteiger partial charge in [-0.2, -0.15) is 0 Å². The molecule has 11 nitrogen and oxygen atoms in total. The number of halogens is 1. The zero-order valence-electron chi connectivity index (χ0n) is 33.1. The van der Waals surface area contributed by atoms with Gasteiger partial charge in [-0.3, -0.25) is 19.4 Å². The summed E-state index contributed by atoms with van der Waals surface area (Å²) in [6, 6.07) is 29.1. The number of benzene rings is 4. The van der Waals surface area contributed by atoms with Crippen LogP contribution in [0.2, 0.25) is 0 Å². The molecule has 1 atom stereocenters. The fourth-order valence-corrected chi connectivity index (χ4v) is 9.22. The number of hydrogen-bond acceptors (Lipinski definition) is 7. The van der Waals surface area contributed by atoms with Crippen LogP contribution in [-0.2, 0) is 37.2 Å². The molecule has 1 saturated heterocycles. The van der Waals surface area contributed by atoms with Crippen molar-refractivity contribution in [1.82, 2.24) is 18.9 Å². The van der Waals surface area contributed by atoms with Crippen LogP contribution in [0.3, 0.4) is 0 Å². The summed E-state index contributed by atoms with van der Waals surface area (Å²) in [6.45, 7) is 8.65. The number of carbonyl (C=O) groups is 2. The van der Waals surface area contributed by atoms with Crippen molar-refractivity contribution in [3.05, 3.63) is 125 Å². The second-order valence-electron chi connectivity index (χ2n) is 15.9. The summed E-state index contributed by atoms with van der Waals surface area (Å²) in [5.41, 5.74) is 8.48. The topological polar surface area (TPSA) is 102 Å². The third-order valence-electron chi connectivity index (χ3n) is 12.4. The molecule has 1 N–H and O–H groups in total. The quantitative estimate of drug-likeness (QED) is 0.165. The lowest BCUT2D eigenvalue weighted by Gasteiger charge is -2.35. The van der Waals surface area contributed by atoms with Gasteiger partial charge in [0.2, 0.25) is 6.79 Å². The average Bonchev–Trinajstić information content (AvgIpc) is 4.00. The van der Waals surface area contributed by atoms with E-state index in [9.17, 15) is 9.90 Å². The first-order valence-electron chi connectivity index (χ1n) is 20.5. The van der Waals surface area contributed by atoms with E-state index >= 15 is 4.79 Å². The predicted molar refractivity (Wildman–Crippen MR) is 229 cm³/mol. The average molecular weight is 814 g/mol. The zero-order valence-corrected chi connectivity index (χ0v) is 34.0. The Bertz CT molecular complexity index is 2540. The number of aromatic hydroxyl groups is 1. The molecule has 0 unspecified atom stereocenters. The van der Waals surface area contributed by atoms with Crippen LogP contribution in [0.25, 0.3) is 22.2 Å². The number of anilines is 2. The minimum absolute atomic E-state index is 0. The van der Waals surface area contributed by atoms with E-state index < -0.39 is 0 Å². The lowest BCUT2D eigenvalue weighted by molar-refractivity contribution is 0.0365. The monoisotopic (exact) mass is 813 g/mol. The molecule has 2 amide bonds. The third-order valence-corrected chi connectivity index (χ3v) is 12.4. The summed E-state index contributed by atoms with van der Waals surface area (Å²) in [6.07, 6.45) is 5.52. The van der Waals surface area contributed by atoms with Gasteiger partial charge < -0.3 is 33.4 Å². The highest BCUT2D eigenvalue weighted by molar-refractivity contribution is 6.13. The minimum atomic E-state index is -0.177. The van der Waals surface area contributed by atoms with E-state index in [-0.39, 0.29) is 42.8 Å². The largest absolute Gasteiger partial charge is 0.508 e. The number of phenols is 1. The van der Waals surface area contributed by atoms with Crippen LogP contribution < -0.4 is 14.4 Å². The lowest BCUT2D eigenvalue weighted by Crippen LogP contribution is -2.42. The molecule has 4 aliphatic rings. The second kappa shape index (κ2) is 16.1. The van der Waals surface area contributed by atoms with E-state index in [0.717, 1.165) is 111 Å². The molecule has 0 saturated carbocycles. The van der Waals surface area contributed by atoms with Crippen molar-refractivity contribution in [1.29, 1.82) is 0 Å². The molecule has 59 heavy (non-hydrogen) atoms. The molecule has 0 radical (unpaired) electrons. The predicted octanol–water partition coefficient (Wildman–Crippen LogP) is 8.20. The Labute approximate surface area is 349 Å². The molecule has 2 aromatic heterocycles. The van der Waals surface area contributed by atoms with Crippen molar-refractivity contribution in [2.75, 3.05) is 44.5 Å². The van der Waals surface area contributed by atoms with Crippen LogP contribution in [-0.4, -0.2) is 81.5 Å². The summed E-state index contributed by atoms with van der Waals surface area (Å²) in [4.78, 5) is 36.2. The minimum Gasteiger partial charge on any atom is -0.508 e. The Hall–Kier alpha value is -5.75. The maximum Gasteiger partial charge on any atom is 0.264 e. The first-order valence-corrected chi connectivity index (χ1v) is 20.5. The molecule has 10 rings (SSSR count). The molecular weight excluding hydrogens is 766 g/mol. The summed E-state index contributed by atoms with van der Waals surface area (Å²) < 4.78 is 21.8. The van der Waals surface area contributed by atoms with Crippen molar-refractivity contribution in [2.45, 2.75) is 58.3 Å². The highest BCUT2D eigenvalue weighted by Crippen LogP contribution is 2.43. The van der Waals surface area contributed by atoms with Crippen LogP contribution in [0.1, 0.15) is 57.3 Å². The Morgan fingerprint density at radius 1 is 0.814 bits per heavy atom. The molecular formula is C47H48ClN5O6. The van der Waals surface area contributed by atoms with Crippen LogP contribution in [0, 0.1) is 0 Å². The van der Waals surface area contributed by atoms with Crippen molar-refractivity contribution in [2.24, 2.45) is 0 Å². The third kappa shape index (κ3) is 7.21. The number of ether oxygens (including phenoxy) is 3. The summed E-state index contributed by atoms with van der Waals surface area (Å²) in [5.74, 6) is 0.995. The molecule has 6 heterocycles. The van der Waals surface area contributed by atoms with E-state index in [0.29, 0.717) is 34.9 Å². The normalized spacial score (nSPS) is 17.3. The van der Waals surface area contributed by atoms with Crippen molar-refractivity contribution >= 4 is 46.5 Å². The highest BCUT2D eigenvalue weighted by Gasteiger charge is 2.34. The number of aromatic nitrogens is 2. The number of fused-ring (bicyclic) bond motifs is 4. The summed E-state index contributed by atoms with van der Waals surface area (Å²) >= 11 is 0. The molecule has 0 aliphatic carbocycles. The Balaban J connectivity index is 0.00000449. The van der Waals surface area contributed by atoms with Gasteiger partial charge in [-0.05, 0) is 110 Å². The van der Waals surface area contributed by atoms with Gasteiger partial charge in [-0.1, -0.05) is 24.3 Å². The number of amides is 2. The molecule has 304 valence electrons. The van der Waals surface area contributed by atoms with Crippen LogP contribution >= 0.6 is 12.4 Å². The van der Waals surface area contributed by atoms with Crippen molar-refractivity contribution in [3.63, 3.8) is 0 Å². The molecule has 0 spiro atoms. The van der Waals surface area contributed by atoms with Gasteiger partial charge in [0.1, 0.15) is 5.75 Å². The van der Waals surface area contributed by atoms with Crippen LogP contribution in [0.4, 0.5) is 11.4 Å².